The fourth-order valence-electron chi connectivity index (χ4n) is 1.36. The van der Waals surface area contributed by atoms with Crippen molar-refractivity contribution >= 4 is 5.91 Å². The summed E-state index contributed by atoms with van der Waals surface area (Å²) < 4.78 is 0. The first-order valence-corrected chi connectivity index (χ1v) is 4.53. The van der Waals surface area contributed by atoms with Gasteiger partial charge in [-0.25, -0.2) is 0 Å². The van der Waals surface area contributed by atoms with Crippen LogP contribution < -0.4 is 0 Å². The van der Waals surface area contributed by atoms with Gasteiger partial charge in [0.1, 0.15) is 0 Å². The van der Waals surface area contributed by atoms with Crippen molar-refractivity contribution in [3.05, 3.63) is 11.6 Å². The molecule has 0 saturated heterocycles. The molecule has 0 aromatic heterocycles. The van der Waals surface area contributed by atoms with Gasteiger partial charge in [-0.15, -0.1) is 0 Å². The molecule has 0 aromatic rings. The van der Waals surface area contributed by atoms with E-state index in [9.17, 15) is 4.79 Å². The van der Waals surface area contributed by atoms with E-state index in [-0.39, 0.29) is 5.91 Å². The van der Waals surface area contributed by atoms with E-state index in [1.165, 1.54) is 5.57 Å². The van der Waals surface area contributed by atoms with Crippen LogP contribution in [0.1, 0.15) is 27.2 Å². The molecule has 1 aliphatic rings. The Labute approximate surface area is 74.2 Å². The molecule has 12 heavy (non-hydrogen) atoms. The highest BCUT2D eigenvalue weighted by molar-refractivity contribution is 5.77. The molecule has 0 aliphatic carbocycles. The lowest BCUT2D eigenvalue weighted by atomic mass is 10.1. The largest absolute Gasteiger partial charge is 0.335 e. The number of nitrogens with zero attached hydrogens (tertiary/aromatic N) is 1. The van der Waals surface area contributed by atoms with Gasteiger partial charge in [0.05, 0.1) is 0 Å². The second-order valence-electron chi connectivity index (χ2n) is 3.92. The minimum absolute atomic E-state index is 0.290. The SMILES string of the molecule is CC1=CCN(C(=O)CC(C)C)C1. The number of hydrogen-bond acceptors (Lipinski definition) is 1. The summed E-state index contributed by atoms with van der Waals surface area (Å²) in [4.78, 5) is 13.4. The summed E-state index contributed by atoms with van der Waals surface area (Å²) in [5, 5.41) is 0. The van der Waals surface area contributed by atoms with Crippen LogP contribution in [-0.4, -0.2) is 23.9 Å². The average molecular weight is 167 g/mol. The van der Waals surface area contributed by atoms with Crippen LogP contribution in [0.15, 0.2) is 11.6 Å². The topological polar surface area (TPSA) is 20.3 Å². The van der Waals surface area contributed by atoms with E-state index < -0.39 is 0 Å². The van der Waals surface area contributed by atoms with Crippen LogP contribution in [-0.2, 0) is 4.79 Å². The van der Waals surface area contributed by atoms with Crippen LogP contribution >= 0.6 is 0 Å². The van der Waals surface area contributed by atoms with Gasteiger partial charge in [0.25, 0.3) is 0 Å². The first-order valence-electron chi connectivity index (χ1n) is 4.53. The quantitative estimate of drug-likeness (QED) is 0.574. The van der Waals surface area contributed by atoms with E-state index >= 15 is 0 Å². The lowest BCUT2D eigenvalue weighted by Crippen LogP contribution is -2.29. The van der Waals surface area contributed by atoms with Crippen molar-refractivity contribution in [3.8, 4) is 0 Å². The third-order valence-corrected chi connectivity index (χ3v) is 2.04. The first-order chi connectivity index (χ1) is 5.59. The molecule has 68 valence electrons. The summed E-state index contributed by atoms with van der Waals surface area (Å²) in [6.45, 7) is 7.88. The second kappa shape index (κ2) is 3.74. The Morgan fingerprint density at radius 1 is 1.67 bits per heavy atom. The summed E-state index contributed by atoms with van der Waals surface area (Å²) in [6, 6.07) is 0. The zero-order chi connectivity index (χ0) is 9.14. The Morgan fingerprint density at radius 2 is 2.33 bits per heavy atom. The first kappa shape index (κ1) is 9.30. The van der Waals surface area contributed by atoms with Gasteiger partial charge < -0.3 is 4.90 Å². The molecule has 0 atom stereocenters. The smallest absolute Gasteiger partial charge is 0.223 e. The monoisotopic (exact) mass is 167 g/mol. The fourth-order valence-corrected chi connectivity index (χ4v) is 1.36. The lowest BCUT2D eigenvalue weighted by molar-refractivity contribution is -0.130. The Morgan fingerprint density at radius 3 is 2.75 bits per heavy atom. The highest BCUT2D eigenvalue weighted by Gasteiger charge is 2.17. The van der Waals surface area contributed by atoms with Crippen molar-refractivity contribution in [1.82, 2.24) is 4.90 Å². The molecule has 1 amide bonds. The second-order valence-corrected chi connectivity index (χ2v) is 3.92. The predicted octanol–water partition coefficient (Wildman–Crippen LogP) is 1.82. The van der Waals surface area contributed by atoms with Gasteiger partial charge in [-0.05, 0) is 12.8 Å². The van der Waals surface area contributed by atoms with Crippen LogP contribution in [0.3, 0.4) is 0 Å². The standard InChI is InChI=1S/C10H17NO/c1-8(2)6-10(12)11-5-4-9(3)7-11/h4,8H,5-7H2,1-3H3. The Balaban J connectivity index is 2.36. The van der Waals surface area contributed by atoms with Gasteiger partial charge in [0, 0.05) is 19.5 Å². The minimum Gasteiger partial charge on any atom is -0.335 e. The van der Waals surface area contributed by atoms with E-state index in [4.69, 9.17) is 0 Å². The van der Waals surface area contributed by atoms with Gasteiger partial charge in [-0.1, -0.05) is 25.5 Å². The van der Waals surface area contributed by atoms with E-state index in [2.05, 4.69) is 26.8 Å². The summed E-state index contributed by atoms with van der Waals surface area (Å²) in [5.41, 5.74) is 1.31. The van der Waals surface area contributed by atoms with E-state index in [0.717, 1.165) is 13.1 Å². The van der Waals surface area contributed by atoms with Gasteiger partial charge in [-0.3, -0.25) is 4.79 Å². The van der Waals surface area contributed by atoms with E-state index in [1.54, 1.807) is 0 Å². The third kappa shape index (κ3) is 2.36. The highest BCUT2D eigenvalue weighted by atomic mass is 16.2. The van der Waals surface area contributed by atoms with E-state index in [1.807, 2.05) is 4.90 Å². The maximum atomic E-state index is 11.5. The Hall–Kier alpha value is -0.790. The van der Waals surface area contributed by atoms with E-state index in [0.29, 0.717) is 12.3 Å². The van der Waals surface area contributed by atoms with Crippen molar-refractivity contribution in [2.24, 2.45) is 5.92 Å². The van der Waals surface area contributed by atoms with Crippen molar-refractivity contribution < 1.29 is 4.79 Å². The lowest BCUT2D eigenvalue weighted by Gasteiger charge is -2.16. The van der Waals surface area contributed by atoms with Gasteiger partial charge >= 0.3 is 0 Å². The molecular formula is C10H17NO. The summed E-state index contributed by atoms with van der Waals surface area (Å²) in [7, 11) is 0. The number of amides is 1. The maximum absolute atomic E-state index is 11.5. The van der Waals surface area contributed by atoms with Crippen molar-refractivity contribution in [2.75, 3.05) is 13.1 Å². The normalized spacial score (nSPS) is 17.0. The predicted molar refractivity (Wildman–Crippen MR) is 49.8 cm³/mol. The van der Waals surface area contributed by atoms with Crippen LogP contribution in [0, 0.1) is 5.92 Å². The van der Waals surface area contributed by atoms with Gasteiger partial charge in [0.2, 0.25) is 5.91 Å². The average Bonchev–Trinajstić information content (AvgIpc) is 2.34. The molecule has 0 spiro atoms. The molecule has 2 heteroatoms. The molecule has 0 aromatic carbocycles. The number of carbonyl (C=O) groups is 1. The molecule has 0 unspecified atom stereocenters. The van der Waals surface area contributed by atoms with Crippen molar-refractivity contribution in [1.29, 1.82) is 0 Å². The van der Waals surface area contributed by atoms with Crippen LogP contribution in [0.2, 0.25) is 0 Å². The molecular weight excluding hydrogens is 150 g/mol. The Kier molecular flexibility index (Phi) is 2.90. The Bertz CT molecular complexity index is 206. The molecule has 1 rings (SSSR count). The van der Waals surface area contributed by atoms with Crippen LogP contribution in [0.4, 0.5) is 0 Å². The van der Waals surface area contributed by atoms with Gasteiger partial charge in [0.15, 0.2) is 0 Å². The molecule has 0 saturated carbocycles. The zero-order valence-corrected chi connectivity index (χ0v) is 8.13. The number of hydrogen-bond donors (Lipinski definition) is 0. The number of carbonyl (C=O) groups excluding carboxylic acids is 1. The highest BCUT2D eigenvalue weighted by Crippen LogP contribution is 2.11. The van der Waals surface area contributed by atoms with Crippen molar-refractivity contribution in [3.63, 3.8) is 0 Å². The van der Waals surface area contributed by atoms with Crippen molar-refractivity contribution in [2.45, 2.75) is 27.2 Å². The van der Waals surface area contributed by atoms with Crippen LogP contribution in [0.5, 0.6) is 0 Å². The summed E-state index contributed by atoms with van der Waals surface area (Å²) >= 11 is 0. The minimum atomic E-state index is 0.290. The van der Waals surface area contributed by atoms with Gasteiger partial charge in [-0.2, -0.15) is 0 Å². The molecule has 0 N–H and O–H groups in total. The molecule has 0 fully saturated rings. The molecule has 0 bridgehead atoms. The summed E-state index contributed by atoms with van der Waals surface area (Å²) in [5.74, 6) is 0.761. The molecule has 1 aliphatic heterocycles. The third-order valence-electron chi connectivity index (χ3n) is 2.04. The maximum Gasteiger partial charge on any atom is 0.223 e. The molecule has 1 heterocycles. The molecule has 0 radical (unpaired) electrons. The fraction of sp³-hybridized carbons (Fsp3) is 0.700. The molecule has 2 nitrogen and oxygen atoms in total. The zero-order valence-electron chi connectivity index (χ0n) is 8.13. The number of rotatable bonds is 2. The summed E-state index contributed by atoms with van der Waals surface area (Å²) in [6.07, 6.45) is 2.80. The van der Waals surface area contributed by atoms with Crippen LogP contribution in [0.25, 0.3) is 0 Å².